The Morgan fingerprint density at radius 2 is 1.79 bits per heavy atom. The Morgan fingerprint density at radius 1 is 1.07 bits per heavy atom. The molecule has 0 N–H and O–H groups in total. The van der Waals surface area contributed by atoms with E-state index in [1.54, 1.807) is 4.90 Å². The zero-order valence-corrected chi connectivity index (χ0v) is 18.4. The second-order valence-corrected chi connectivity index (χ2v) is 9.89. The van der Waals surface area contributed by atoms with Crippen LogP contribution in [0.15, 0.2) is 0 Å². The Kier molecular flexibility index (Phi) is 5.96. The summed E-state index contributed by atoms with van der Waals surface area (Å²) in [6, 6.07) is 1.30. The smallest absolute Gasteiger partial charge is 0.409 e. The summed E-state index contributed by atoms with van der Waals surface area (Å²) < 4.78 is 5.18. The molecule has 3 amide bonds. The molecule has 4 aliphatic rings. The van der Waals surface area contributed by atoms with Gasteiger partial charge in [0, 0.05) is 45.8 Å². The quantitative estimate of drug-likeness (QED) is 0.723. The van der Waals surface area contributed by atoms with Gasteiger partial charge >= 0.3 is 12.1 Å². The second kappa shape index (κ2) is 8.32. The van der Waals surface area contributed by atoms with Crippen molar-refractivity contribution in [3.63, 3.8) is 0 Å². The zero-order chi connectivity index (χ0) is 20.6. The van der Waals surface area contributed by atoms with Crippen LogP contribution < -0.4 is 0 Å². The van der Waals surface area contributed by atoms with Crippen LogP contribution in [0, 0.1) is 11.3 Å². The lowest BCUT2D eigenvalue weighted by Gasteiger charge is -2.52. The molecule has 29 heavy (non-hydrogen) atoms. The van der Waals surface area contributed by atoms with Crippen LogP contribution in [0.5, 0.6) is 0 Å². The summed E-state index contributed by atoms with van der Waals surface area (Å²) in [6.45, 7) is 7.30. The summed E-state index contributed by atoms with van der Waals surface area (Å²) in [4.78, 5) is 32.9. The third-order valence-electron chi connectivity index (χ3n) is 7.86. The molecule has 0 aromatic heterocycles. The Balaban J connectivity index is 1.23. The van der Waals surface area contributed by atoms with Crippen molar-refractivity contribution in [3.05, 3.63) is 0 Å². The van der Waals surface area contributed by atoms with E-state index in [1.807, 2.05) is 25.9 Å². The number of nitrogens with zero attached hydrogens (tertiary/aromatic N) is 4. The van der Waals surface area contributed by atoms with E-state index in [9.17, 15) is 9.59 Å². The fourth-order valence-electron chi connectivity index (χ4n) is 6.28. The summed E-state index contributed by atoms with van der Waals surface area (Å²) >= 11 is 0. The highest BCUT2D eigenvalue weighted by Crippen LogP contribution is 2.51. The van der Waals surface area contributed by atoms with Gasteiger partial charge in [-0.05, 0) is 76.3 Å². The van der Waals surface area contributed by atoms with E-state index in [0.29, 0.717) is 30.0 Å². The van der Waals surface area contributed by atoms with Gasteiger partial charge in [0.2, 0.25) is 0 Å². The van der Waals surface area contributed by atoms with Gasteiger partial charge in [-0.25, -0.2) is 9.59 Å². The lowest BCUT2D eigenvalue weighted by Crippen LogP contribution is -2.55. The Labute approximate surface area is 175 Å². The summed E-state index contributed by atoms with van der Waals surface area (Å²) in [5, 5.41) is 0. The molecule has 4 rings (SSSR count). The molecular formula is C22H38N4O3. The van der Waals surface area contributed by atoms with Crippen molar-refractivity contribution < 1.29 is 14.3 Å². The highest BCUT2D eigenvalue weighted by Gasteiger charge is 2.51. The fraction of sp³-hybridized carbons (Fsp3) is 0.909. The Morgan fingerprint density at radius 3 is 2.45 bits per heavy atom. The SMILES string of the molecule is CCOC(=O)N1CCC2(CC(N3CCC([C@@H]4CCCN4C(=O)N(C)C)CC3)C2)C1. The lowest BCUT2D eigenvalue weighted by atomic mass is 9.64. The van der Waals surface area contributed by atoms with E-state index < -0.39 is 0 Å². The highest BCUT2D eigenvalue weighted by molar-refractivity contribution is 5.74. The van der Waals surface area contributed by atoms with E-state index in [2.05, 4.69) is 9.80 Å². The summed E-state index contributed by atoms with van der Waals surface area (Å²) in [7, 11) is 3.72. The van der Waals surface area contributed by atoms with Crippen molar-refractivity contribution in [1.29, 1.82) is 0 Å². The fourth-order valence-corrected chi connectivity index (χ4v) is 6.28. The first kappa shape index (κ1) is 20.8. The predicted molar refractivity (Wildman–Crippen MR) is 112 cm³/mol. The molecule has 0 aromatic rings. The number of hydrogen-bond acceptors (Lipinski definition) is 4. The molecule has 3 aliphatic heterocycles. The van der Waals surface area contributed by atoms with Crippen molar-refractivity contribution in [2.24, 2.45) is 11.3 Å². The molecule has 4 fully saturated rings. The van der Waals surface area contributed by atoms with E-state index in [4.69, 9.17) is 4.74 Å². The van der Waals surface area contributed by atoms with Gasteiger partial charge in [-0.1, -0.05) is 0 Å². The largest absolute Gasteiger partial charge is 0.450 e. The first-order chi connectivity index (χ1) is 13.9. The summed E-state index contributed by atoms with van der Waals surface area (Å²) in [5.74, 6) is 0.650. The Bertz CT molecular complexity index is 611. The van der Waals surface area contributed by atoms with Crippen molar-refractivity contribution in [1.82, 2.24) is 19.6 Å². The van der Waals surface area contributed by atoms with Crippen LogP contribution in [-0.4, -0.2) is 97.2 Å². The summed E-state index contributed by atoms with van der Waals surface area (Å²) in [6.07, 6.45) is 8.17. The van der Waals surface area contributed by atoms with Crippen molar-refractivity contribution in [3.8, 4) is 0 Å². The molecular weight excluding hydrogens is 368 g/mol. The minimum Gasteiger partial charge on any atom is -0.450 e. The predicted octanol–water partition coefficient (Wildman–Crippen LogP) is 2.86. The number of ether oxygens (including phenoxy) is 1. The van der Waals surface area contributed by atoms with Gasteiger partial charge in [-0.15, -0.1) is 0 Å². The van der Waals surface area contributed by atoms with Gasteiger partial charge in [0.1, 0.15) is 0 Å². The molecule has 164 valence electrons. The minimum atomic E-state index is -0.137. The maximum absolute atomic E-state index is 12.5. The monoisotopic (exact) mass is 406 g/mol. The molecule has 0 bridgehead atoms. The first-order valence-corrected chi connectivity index (χ1v) is 11.6. The van der Waals surface area contributed by atoms with Crippen LogP contribution in [0.2, 0.25) is 0 Å². The molecule has 0 radical (unpaired) electrons. The van der Waals surface area contributed by atoms with Crippen LogP contribution in [0.4, 0.5) is 9.59 Å². The van der Waals surface area contributed by atoms with Crippen molar-refractivity contribution in [2.45, 2.75) is 64.0 Å². The number of rotatable bonds is 3. The zero-order valence-electron chi connectivity index (χ0n) is 18.4. The van der Waals surface area contributed by atoms with Gasteiger partial charge in [-0.3, -0.25) is 0 Å². The van der Waals surface area contributed by atoms with Gasteiger partial charge in [-0.2, -0.15) is 0 Å². The van der Waals surface area contributed by atoms with Gasteiger partial charge in [0.15, 0.2) is 0 Å². The van der Waals surface area contributed by atoms with Crippen LogP contribution >= 0.6 is 0 Å². The van der Waals surface area contributed by atoms with Crippen LogP contribution in [-0.2, 0) is 4.74 Å². The van der Waals surface area contributed by atoms with E-state index >= 15 is 0 Å². The molecule has 3 heterocycles. The molecule has 7 heteroatoms. The lowest BCUT2D eigenvalue weighted by molar-refractivity contribution is -0.0147. The third-order valence-corrected chi connectivity index (χ3v) is 7.86. The third kappa shape index (κ3) is 4.07. The second-order valence-electron chi connectivity index (χ2n) is 9.89. The molecule has 7 nitrogen and oxygen atoms in total. The topological polar surface area (TPSA) is 56.3 Å². The molecule has 1 atom stereocenters. The maximum Gasteiger partial charge on any atom is 0.409 e. The maximum atomic E-state index is 12.5. The molecule has 1 aliphatic carbocycles. The normalized spacial score (nSPS) is 33.2. The van der Waals surface area contributed by atoms with Crippen LogP contribution in [0.25, 0.3) is 0 Å². The van der Waals surface area contributed by atoms with Gasteiger partial charge in [0.25, 0.3) is 0 Å². The number of carbonyl (C=O) groups excluding carboxylic acids is 2. The van der Waals surface area contributed by atoms with E-state index in [0.717, 1.165) is 45.6 Å². The number of likely N-dealkylation sites (tertiary alicyclic amines) is 3. The van der Waals surface area contributed by atoms with E-state index in [-0.39, 0.29) is 12.1 Å². The number of urea groups is 1. The van der Waals surface area contributed by atoms with Crippen LogP contribution in [0.3, 0.4) is 0 Å². The molecule has 0 aromatic carbocycles. The minimum absolute atomic E-state index is 0.137. The summed E-state index contributed by atoms with van der Waals surface area (Å²) in [5.41, 5.74) is 0.342. The molecule has 1 saturated carbocycles. The number of hydrogen-bond donors (Lipinski definition) is 0. The standard InChI is InChI=1S/C22H38N4O3/c1-4-29-21(28)25-13-9-22(16-25)14-18(15-22)24-11-7-17(8-12-24)19-6-5-10-26(19)20(27)23(2)3/h17-19H,4-16H2,1-3H3/t18?,19-,22?/m0/s1. The average Bonchev–Trinajstić information content (AvgIpc) is 3.34. The molecule has 1 spiro atoms. The molecule has 3 saturated heterocycles. The van der Waals surface area contributed by atoms with Gasteiger partial charge < -0.3 is 24.3 Å². The van der Waals surface area contributed by atoms with Crippen molar-refractivity contribution >= 4 is 12.1 Å². The van der Waals surface area contributed by atoms with Gasteiger partial charge in [0.05, 0.1) is 6.61 Å². The number of piperidine rings is 1. The number of amides is 3. The van der Waals surface area contributed by atoms with Crippen molar-refractivity contribution in [2.75, 3.05) is 53.4 Å². The van der Waals surface area contributed by atoms with E-state index in [1.165, 1.54) is 32.1 Å². The highest BCUT2D eigenvalue weighted by atomic mass is 16.6. The first-order valence-electron chi connectivity index (χ1n) is 11.6. The average molecular weight is 407 g/mol. The number of carbonyl (C=O) groups is 2. The Hall–Kier alpha value is -1.50. The van der Waals surface area contributed by atoms with Crippen LogP contribution in [0.1, 0.15) is 51.9 Å². The molecule has 0 unspecified atom stereocenters.